The number of aromatic nitrogens is 2. The van der Waals surface area contributed by atoms with Gasteiger partial charge in [0.15, 0.2) is 11.0 Å². The van der Waals surface area contributed by atoms with Crippen LogP contribution >= 0.6 is 23.5 Å². The summed E-state index contributed by atoms with van der Waals surface area (Å²) in [5.41, 5.74) is 5.65. The molecule has 1 saturated heterocycles. The van der Waals surface area contributed by atoms with E-state index in [1.807, 2.05) is 80.4 Å². The van der Waals surface area contributed by atoms with Crippen LogP contribution in [0.2, 0.25) is 5.02 Å². The maximum absolute atomic E-state index is 13.2. The molecule has 0 amide bonds. The number of aryl methyl sites for hydroxylation is 1. The van der Waals surface area contributed by atoms with E-state index in [-0.39, 0.29) is 0 Å². The third-order valence-electron chi connectivity index (χ3n) is 5.87. The number of fused-ring (bicyclic) bond motifs is 1. The van der Waals surface area contributed by atoms with E-state index in [1.165, 1.54) is 25.7 Å². The first-order valence-corrected chi connectivity index (χ1v) is 16.2. The predicted octanol–water partition coefficient (Wildman–Crippen LogP) is 9.64. The molecule has 1 N–H and O–H groups in total. The van der Waals surface area contributed by atoms with Crippen LogP contribution in [0.25, 0.3) is 22.2 Å². The first-order chi connectivity index (χ1) is 19.4. The highest BCUT2D eigenvalue weighted by Crippen LogP contribution is 2.33. The van der Waals surface area contributed by atoms with Gasteiger partial charge in [-0.3, -0.25) is 4.98 Å². The van der Waals surface area contributed by atoms with Crippen molar-refractivity contribution in [2.45, 2.75) is 58.3 Å². The number of halogens is 1. The Kier molecular flexibility index (Phi) is 13.0. The zero-order chi connectivity index (χ0) is 28.9. The highest BCUT2D eigenvalue weighted by Gasteiger charge is 2.16. The van der Waals surface area contributed by atoms with Gasteiger partial charge in [-0.25, -0.2) is 9.19 Å². The van der Waals surface area contributed by atoms with Gasteiger partial charge in [0, 0.05) is 47.0 Å². The molecule has 0 bridgehead atoms. The summed E-state index contributed by atoms with van der Waals surface area (Å²) < 4.78 is 18.6. The summed E-state index contributed by atoms with van der Waals surface area (Å²) >= 11 is 8.41. The molecular weight excluding hydrogens is 556 g/mol. The molecule has 0 saturated carbocycles. The zero-order valence-corrected chi connectivity index (χ0v) is 26.2. The number of hydrogen-bond donors (Lipinski definition) is 1. The molecule has 3 heterocycles. The van der Waals surface area contributed by atoms with Gasteiger partial charge >= 0.3 is 0 Å². The first-order valence-electron chi connectivity index (χ1n) is 13.7. The standard InChI is InChI=1S/C26H25ClN4OS2.C3H8.C3H6/c1-18-5-7-20(15-22(18)25-9-6-19-17-28-12-11-24(19)29-25)30-34(32)26-10-8-21(16-23(26)27)31-13-3-2-4-14-33-31;2*1-3-2/h5-12,15-17,30H,2-4,13-14H2,1H3;3H2,1-2H3;3H,1H2,2H3. The second-order valence-electron chi connectivity index (χ2n) is 9.39. The van der Waals surface area contributed by atoms with Gasteiger partial charge in [0.05, 0.1) is 21.1 Å². The smallest absolute Gasteiger partial charge is 0.151 e. The van der Waals surface area contributed by atoms with Gasteiger partial charge in [0.2, 0.25) is 0 Å². The van der Waals surface area contributed by atoms with Gasteiger partial charge in [-0.05, 0) is 92.7 Å². The van der Waals surface area contributed by atoms with E-state index in [2.05, 4.69) is 34.4 Å². The Morgan fingerprint density at radius 2 is 1.88 bits per heavy atom. The third-order valence-corrected chi connectivity index (χ3v) is 8.65. The fourth-order valence-electron chi connectivity index (χ4n) is 4.01. The van der Waals surface area contributed by atoms with E-state index in [0.717, 1.165) is 51.4 Å². The molecule has 1 aliphatic heterocycles. The summed E-state index contributed by atoms with van der Waals surface area (Å²) in [6.07, 6.45) is 10.2. The summed E-state index contributed by atoms with van der Waals surface area (Å²) in [6.45, 7) is 12.6. The molecule has 0 spiro atoms. The highest BCUT2D eigenvalue weighted by molar-refractivity contribution is 8.00. The van der Waals surface area contributed by atoms with Gasteiger partial charge in [-0.2, -0.15) is 0 Å². The van der Waals surface area contributed by atoms with Gasteiger partial charge in [0.25, 0.3) is 0 Å². The quantitative estimate of drug-likeness (QED) is 0.184. The van der Waals surface area contributed by atoms with Crippen molar-refractivity contribution in [3.05, 3.63) is 90.2 Å². The topological polar surface area (TPSA) is 58.1 Å². The van der Waals surface area contributed by atoms with Crippen molar-refractivity contribution >= 4 is 56.8 Å². The van der Waals surface area contributed by atoms with Crippen molar-refractivity contribution in [2.24, 2.45) is 0 Å². The first kappa shape index (κ1) is 31.7. The van der Waals surface area contributed by atoms with Crippen molar-refractivity contribution in [3.63, 3.8) is 0 Å². The number of allylic oxidation sites excluding steroid dienone is 1. The van der Waals surface area contributed by atoms with Gasteiger partial charge in [-0.15, -0.1) is 6.58 Å². The molecule has 4 aromatic rings. The molecule has 0 radical (unpaired) electrons. The Bertz CT molecular complexity index is 1420. The monoisotopic (exact) mass is 594 g/mol. The Balaban J connectivity index is 0.000000676. The Morgan fingerprint density at radius 1 is 1.10 bits per heavy atom. The molecule has 40 heavy (non-hydrogen) atoms. The average Bonchev–Trinajstić information content (AvgIpc) is 3.24. The van der Waals surface area contributed by atoms with E-state index >= 15 is 0 Å². The molecule has 5 nitrogen and oxygen atoms in total. The van der Waals surface area contributed by atoms with Crippen LogP contribution < -0.4 is 9.03 Å². The second kappa shape index (κ2) is 16.4. The molecule has 1 aliphatic rings. The molecule has 0 aliphatic carbocycles. The van der Waals surface area contributed by atoms with Crippen molar-refractivity contribution in [1.82, 2.24) is 9.97 Å². The molecule has 2 aromatic heterocycles. The minimum absolute atomic E-state index is 0.505. The number of pyridine rings is 2. The summed E-state index contributed by atoms with van der Waals surface area (Å²) in [5, 5.41) is 1.50. The Morgan fingerprint density at radius 3 is 2.62 bits per heavy atom. The van der Waals surface area contributed by atoms with Crippen LogP contribution in [0.4, 0.5) is 11.4 Å². The van der Waals surface area contributed by atoms with Crippen molar-refractivity contribution in [1.29, 1.82) is 0 Å². The van der Waals surface area contributed by atoms with Crippen molar-refractivity contribution < 1.29 is 4.21 Å². The van der Waals surface area contributed by atoms with E-state index < -0.39 is 11.0 Å². The lowest BCUT2D eigenvalue weighted by Crippen LogP contribution is -2.15. The summed E-state index contributed by atoms with van der Waals surface area (Å²) in [4.78, 5) is 9.51. The SMILES string of the molecule is C=CC.CCC.Cc1ccc(NS(=O)c2ccc(N3CCCCCS3)cc2Cl)cc1-c1ccc2cnccc2n1. The molecule has 2 aromatic carbocycles. The lowest BCUT2D eigenvalue weighted by molar-refractivity contribution is 0.686. The lowest BCUT2D eigenvalue weighted by atomic mass is 10.0. The third kappa shape index (κ3) is 8.82. The summed E-state index contributed by atoms with van der Waals surface area (Å²) in [6, 6.07) is 17.6. The number of benzene rings is 2. The second-order valence-corrected chi connectivity index (χ2v) is 12.1. The molecule has 1 atom stereocenters. The highest BCUT2D eigenvalue weighted by atomic mass is 35.5. The average molecular weight is 595 g/mol. The Hall–Kier alpha value is -2.87. The molecule has 1 fully saturated rings. The molecule has 212 valence electrons. The van der Waals surface area contributed by atoms with E-state index in [4.69, 9.17) is 16.6 Å². The fourth-order valence-corrected chi connectivity index (χ4v) is 6.35. The van der Waals surface area contributed by atoms with E-state index in [9.17, 15) is 4.21 Å². The van der Waals surface area contributed by atoms with E-state index in [1.54, 1.807) is 18.5 Å². The van der Waals surface area contributed by atoms with Crippen LogP contribution in [-0.2, 0) is 11.0 Å². The van der Waals surface area contributed by atoms with Crippen molar-refractivity contribution in [2.75, 3.05) is 21.3 Å². The summed E-state index contributed by atoms with van der Waals surface area (Å²) in [7, 11) is -1.49. The Labute approximate surface area is 251 Å². The molecule has 1 unspecified atom stereocenters. The molecule has 5 rings (SSSR count). The van der Waals surface area contributed by atoms with Gasteiger partial charge in [0.1, 0.15) is 0 Å². The zero-order valence-electron chi connectivity index (χ0n) is 23.8. The van der Waals surface area contributed by atoms with E-state index in [0.29, 0.717) is 9.92 Å². The summed E-state index contributed by atoms with van der Waals surface area (Å²) in [5.74, 6) is 1.12. The number of hydrogen-bond acceptors (Lipinski definition) is 5. The van der Waals surface area contributed by atoms with Crippen LogP contribution in [0.5, 0.6) is 0 Å². The van der Waals surface area contributed by atoms with Crippen LogP contribution in [0.1, 0.15) is 52.0 Å². The minimum atomic E-state index is -1.49. The fraction of sp³-hybridized carbons (Fsp3) is 0.312. The van der Waals surface area contributed by atoms with Gasteiger partial charge < -0.3 is 9.03 Å². The van der Waals surface area contributed by atoms with Crippen LogP contribution in [0.3, 0.4) is 0 Å². The normalized spacial score (nSPS) is 13.7. The number of rotatable bonds is 5. The predicted molar refractivity (Wildman–Crippen MR) is 177 cm³/mol. The lowest BCUT2D eigenvalue weighted by Gasteiger charge is -2.21. The van der Waals surface area contributed by atoms with Crippen LogP contribution in [0.15, 0.2) is 84.5 Å². The number of anilines is 2. The number of nitrogens with one attached hydrogen (secondary N) is 1. The minimum Gasteiger partial charge on any atom is -0.316 e. The number of nitrogens with zero attached hydrogens (tertiary/aromatic N) is 3. The van der Waals surface area contributed by atoms with Crippen molar-refractivity contribution in [3.8, 4) is 11.3 Å². The van der Waals surface area contributed by atoms with Crippen LogP contribution in [-0.4, -0.2) is 26.5 Å². The largest absolute Gasteiger partial charge is 0.316 e. The maximum atomic E-state index is 13.2. The van der Waals surface area contributed by atoms with Crippen LogP contribution in [0, 0.1) is 6.92 Å². The maximum Gasteiger partial charge on any atom is 0.151 e. The van der Waals surface area contributed by atoms with Gasteiger partial charge in [-0.1, -0.05) is 50.4 Å². The molecular formula is C32H39ClN4OS2. The molecule has 8 heteroatoms.